The Morgan fingerprint density at radius 2 is 0.560 bits per heavy atom. The van der Waals surface area contributed by atoms with Crippen LogP contribution < -0.4 is 0 Å². The second kappa shape index (κ2) is 20.1. The van der Waals surface area contributed by atoms with Gasteiger partial charge in [-0.1, -0.05) is 19.4 Å². The lowest BCUT2D eigenvalue weighted by molar-refractivity contribution is -0.458. The number of aliphatic carboxylic acids is 2. The van der Waals surface area contributed by atoms with Crippen molar-refractivity contribution in [3.63, 3.8) is 0 Å². The second-order valence-corrected chi connectivity index (χ2v) is 18.3. The van der Waals surface area contributed by atoms with Gasteiger partial charge in [-0.25, -0.2) is 21.6 Å². The van der Waals surface area contributed by atoms with E-state index in [1.807, 2.05) is 0 Å². The number of hydrogen-bond acceptors (Lipinski definition) is 6. The summed E-state index contributed by atoms with van der Waals surface area (Å²) < 4.78 is 516. The molecule has 0 bridgehead atoms. The number of halogens is 34. The summed E-state index contributed by atoms with van der Waals surface area (Å²) in [6.45, 7) is -9.46. The number of nitrogens with zero attached hydrogens (tertiary/aromatic N) is 2. The maximum absolute atomic E-state index is 15.0. The molecular weight excluding hydrogens is 1210 g/mol. The first kappa shape index (κ1) is 71.1. The van der Waals surface area contributed by atoms with Gasteiger partial charge in [0.2, 0.25) is 0 Å². The van der Waals surface area contributed by atoms with Crippen LogP contribution in [0.15, 0.2) is 11.1 Å². The molecular formula is C29H22F34N2O8S2. The summed E-state index contributed by atoms with van der Waals surface area (Å²) in [4.78, 5) is 23.1. The Balaban J connectivity index is 7.70. The molecule has 0 spiro atoms. The predicted octanol–water partition coefficient (Wildman–Crippen LogP) is 10.9. The van der Waals surface area contributed by atoms with Crippen molar-refractivity contribution in [1.29, 1.82) is 0 Å². The minimum absolute atomic E-state index is 0.00297. The van der Waals surface area contributed by atoms with Gasteiger partial charge in [0.25, 0.3) is 20.0 Å². The van der Waals surface area contributed by atoms with Gasteiger partial charge < -0.3 is 10.2 Å². The molecule has 0 aromatic rings. The molecule has 0 heterocycles. The zero-order chi connectivity index (χ0) is 61.4. The van der Waals surface area contributed by atoms with Crippen LogP contribution in [0.2, 0.25) is 0 Å². The van der Waals surface area contributed by atoms with Crippen LogP contribution in [0.25, 0.3) is 0 Å². The van der Waals surface area contributed by atoms with Crippen molar-refractivity contribution in [2.45, 2.75) is 127 Å². The highest BCUT2D eigenvalue weighted by molar-refractivity contribution is 7.90. The summed E-state index contributed by atoms with van der Waals surface area (Å²) in [5.74, 6) is -115. The number of sulfonamides is 2. The number of hydrogen-bond donors (Lipinski definition) is 2. The highest BCUT2D eigenvalue weighted by atomic mass is 32.2. The minimum Gasteiger partial charge on any atom is -0.481 e. The first-order chi connectivity index (χ1) is 32.2. The predicted molar refractivity (Wildman–Crippen MR) is 170 cm³/mol. The highest BCUT2D eigenvalue weighted by Gasteiger charge is 2.98. The normalized spacial score (nSPS) is 16.0. The fraction of sp³-hybridized carbons (Fsp3) is 0.862. The number of carbonyl (C=O) groups is 2. The fourth-order valence-corrected chi connectivity index (χ4v) is 8.19. The standard InChI is InChI=1S/C29H22F34N2O8S2/c1-3-64(74(70,71)28(60,61)24(50,51)20(42,43)16(34,35)14(30,31)18(38,39)22(46,47)26(54,55)56)7-5-10(11(13(68)69)9-12(66)67)6-8-65(4-2)75(72,73)29(62,63)25(52,53)21(44,45)17(36,37)15(32,33)19(40,41)23(48,49)27(57,58)59/h3-9H2,1-2H3,(H,66,67)(H,68,69). The molecule has 46 heteroatoms. The molecule has 0 saturated carbocycles. The Hall–Kier alpha value is -3.88. The van der Waals surface area contributed by atoms with E-state index in [9.17, 15) is 181 Å². The first-order valence-electron chi connectivity index (χ1n) is 17.8. The summed E-state index contributed by atoms with van der Waals surface area (Å²) in [5, 5.41) is 1.71. The van der Waals surface area contributed by atoms with E-state index in [0.717, 1.165) is 0 Å². The van der Waals surface area contributed by atoms with Crippen molar-refractivity contribution < 1.29 is 186 Å². The first-order valence-corrected chi connectivity index (χ1v) is 20.7. The molecule has 0 rings (SSSR count). The average molecular weight is 1240 g/mol. The van der Waals surface area contributed by atoms with Crippen molar-refractivity contribution in [3.8, 4) is 0 Å². The molecule has 10 nitrogen and oxygen atoms in total. The van der Waals surface area contributed by atoms with Crippen LogP contribution >= 0.6 is 0 Å². The molecule has 0 aromatic carbocycles. The molecule has 446 valence electrons. The highest BCUT2D eigenvalue weighted by Crippen LogP contribution is 2.67. The topological polar surface area (TPSA) is 149 Å². The zero-order valence-corrected chi connectivity index (χ0v) is 36.5. The summed E-state index contributed by atoms with van der Waals surface area (Å²) in [7, 11) is -16.7. The largest absolute Gasteiger partial charge is 0.481 e. The maximum atomic E-state index is 15.0. The van der Waals surface area contributed by atoms with Gasteiger partial charge in [0.05, 0.1) is 6.42 Å². The van der Waals surface area contributed by atoms with E-state index in [2.05, 4.69) is 0 Å². The summed E-state index contributed by atoms with van der Waals surface area (Å²) in [6, 6.07) is 0. The Labute approximate surface area is 391 Å². The molecule has 0 aromatic heterocycles. The van der Waals surface area contributed by atoms with Gasteiger partial charge in [0, 0.05) is 31.8 Å². The second-order valence-electron chi connectivity index (χ2n) is 14.4. The van der Waals surface area contributed by atoms with Gasteiger partial charge in [0.15, 0.2) is 0 Å². The number of carboxylic acids is 2. The van der Waals surface area contributed by atoms with Gasteiger partial charge >= 0.3 is 106 Å². The lowest BCUT2D eigenvalue weighted by Crippen LogP contribution is -2.75. The monoisotopic (exact) mass is 1240 g/mol. The maximum Gasteiger partial charge on any atom is 0.460 e. The summed E-state index contributed by atoms with van der Waals surface area (Å²) >= 11 is 0. The number of rotatable bonds is 27. The van der Waals surface area contributed by atoms with Gasteiger partial charge in [0.1, 0.15) is 0 Å². The van der Waals surface area contributed by atoms with Crippen molar-refractivity contribution in [2.75, 3.05) is 26.2 Å². The zero-order valence-electron chi connectivity index (χ0n) is 34.9. The van der Waals surface area contributed by atoms with E-state index in [1.54, 1.807) is 0 Å². The van der Waals surface area contributed by atoms with Crippen molar-refractivity contribution in [2.24, 2.45) is 0 Å². The molecule has 2 N–H and O–H groups in total. The quantitative estimate of drug-likeness (QED) is 0.0610. The number of alkyl halides is 34. The van der Waals surface area contributed by atoms with E-state index < -0.39 is 191 Å². The van der Waals surface area contributed by atoms with Crippen molar-refractivity contribution in [1.82, 2.24) is 8.61 Å². The molecule has 0 saturated heterocycles. The van der Waals surface area contributed by atoms with Crippen LogP contribution in [0.4, 0.5) is 149 Å². The van der Waals surface area contributed by atoms with E-state index in [-0.39, 0.29) is 13.8 Å². The van der Waals surface area contributed by atoms with Crippen LogP contribution in [0.5, 0.6) is 0 Å². The third-order valence-electron chi connectivity index (χ3n) is 9.76. The van der Waals surface area contributed by atoms with E-state index in [4.69, 9.17) is 5.11 Å². The van der Waals surface area contributed by atoms with Gasteiger partial charge in [-0.3, -0.25) is 4.79 Å². The van der Waals surface area contributed by atoms with E-state index in [1.165, 1.54) is 0 Å². The Kier molecular flexibility index (Phi) is 19.1. The third kappa shape index (κ3) is 10.3. The molecule has 0 radical (unpaired) electrons. The molecule has 0 aliphatic rings. The Morgan fingerprint density at radius 1 is 0.360 bits per heavy atom. The molecule has 0 aliphatic heterocycles. The Morgan fingerprint density at radius 3 is 0.733 bits per heavy atom. The summed E-state index contributed by atoms with van der Waals surface area (Å²) in [6.07, 6.45) is -23.2. The van der Waals surface area contributed by atoms with Crippen molar-refractivity contribution in [3.05, 3.63) is 11.1 Å². The van der Waals surface area contributed by atoms with Gasteiger partial charge in [-0.15, -0.1) is 0 Å². The van der Waals surface area contributed by atoms with Crippen LogP contribution in [-0.2, 0) is 29.6 Å². The molecule has 0 amide bonds. The molecule has 0 aliphatic carbocycles. The molecule has 0 fully saturated rings. The van der Waals surface area contributed by atoms with Crippen LogP contribution in [0.3, 0.4) is 0 Å². The number of carboxylic acid groups (broad SMARTS) is 2. The average Bonchev–Trinajstić information content (AvgIpc) is 3.20. The van der Waals surface area contributed by atoms with Crippen molar-refractivity contribution >= 4 is 32.0 Å². The molecule has 0 atom stereocenters. The Bertz CT molecular complexity index is 2220. The lowest BCUT2D eigenvalue weighted by Gasteiger charge is -2.43. The van der Waals surface area contributed by atoms with E-state index >= 15 is 0 Å². The lowest BCUT2D eigenvalue weighted by atomic mass is 9.91. The van der Waals surface area contributed by atoms with Gasteiger partial charge in [-0.2, -0.15) is 158 Å². The third-order valence-corrected chi connectivity index (χ3v) is 13.8. The van der Waals surface area contributed by atoms with Gasteiger partial charge in [-0.05, 0) is 12.8 Å². The van der Waals surface area contributed by atoms with Crippen LogP contribution in [-0.4, -0.2) is 168 Å². The van der Waals surface area contributed by atoms with Crippen LogP contribution in [0.1, 0.15) is 33.1 Å². The van der Waals surface area contributed by atoms with E-state index in [0.29, 0.717) is 0 Å². The molecule has 0 unspecified atom stereocenters. The SMILES string of the molecule is CCN(CCC(CCN(CC)S(=O)(=O)C(F)(F)C(F)(F)C(F)(F)C(F)(F)C(F)(F)C(F)(F)C(F)(F)C(F)(F)F)=C(CC(=O)O)C(=O)O)S(=O)(=O)C(F)(F)C(F)(F)C(F)(F)C(F)(F)C(F)(F)C(F)(F)C(F)(F)C(F)(F)F. The summed E-state index contributed by atoms with van der Waals surface area (Å²) in [5.41, 5.74) is -3.94. The minimum atomic E-state index is -9.38. The smallest absolute Gasteiger partial charge is 0.460 e. The molecule has 75 heavy (non-hydrogen) atoms. The van der Waals surface area contributed by atoms with Crippen LogP contribution in [0, 0.1) is 0 Å². The fourth-order valence-electron chi connectivity index (χ4n) is 5.29.